The molecule has 2 aromatic rings. The second kappa shape index (κ2) is 7.61. The van der Waals surface area contributed by atoms with Gasteiger partial charge in [0.2, 0.25) is 0 Å². The van der Waals surface area contributed by atoms with E-state index in [2.05, 4.69) is 5.32 Å². The largest absolute Gasteiger partial charge is 0.494 e. The molecule has 0 radical (unpaired) electrons. The van der Waals surface area contributed by atoms with Crippen molar-refractivity contribution < 1.29 is 14.6 Å². The molecule has 0 aliphatic rings. The molecule has 1 atom stereocenters. The summed E-state index contributed by atoms with van der Waals surface area (Å²) in [5.41, 5.74) is 2.08. The van der Waals surface area contributed by atoms with Crippen LogP contribution in [0.4, 0.5) is 5.69 Å². The summed E-state index contributed by atoms with van der Waals surface area (Å²) in [7, 11) is 0. The van der Waals surface area contributed by atoms with Crippen LogP contribution >= 0.6 is 0 Å². The number of ether oxygens (including phenoxy) is 1. The first kappa shape index (κ1) is 16.0. The lowest BCUT2D eigenvalue weighted by Crippen LogP contribution is -2.11. The molecule has 22 heavy (non-hydrogen) atoms. The summed E-state index contributed by atoms with van der Waals surface area (Å²) in [5, 5.41) is 12.3. The van der Waals surface area contributed by atoms with Crippen molar-refractivity contribution in [2.24, 2.45) is 0 Å². The third kappa shape index (κ3) is 4.33. The predicted octanol–water partition coefficient (Wildman–Crippen LogP) is 3.78. The number of rotatable bonds is 6. The van der Waals surface area contributed by atoms with Crippen molar-refractivity contribution in [1.82, 2.24) is 0 Å². The Hall–Kier alpha value is -2.33. The van der Waals surface area contributed by atoms with E-state index in [1.807, 2.05) is 6.92 Å². The molecule has 0 saturated heterocycles. The third-order valence-electron chi connectivity index (χ3n) is 3.24. The van der Waals surface area contributed by atoms with E-state index in [1.54, 1.807) is 55.5 Å². The van der Waals surface area contributed by atoms with Crippen LogP contribution in [0.2, 0.25) is 0 Å². The molecule has 4 nitrogen and oxygen atoms in total. The van der Waals surface area contributed by atoms with Gasteiger partial charge in [-0.1, -0.05) is 19.1 Å². The van der Waals surface area contributed by atoms with Gasteiger partial charge in [-0.15, -0.1) is 0 Å². The number of aliphatic hydroxyl groups excluding tert-OH is 1. The van der Waals surface area contributed by atoms with Gasteiger partial charge in [0, 0.05) is 11.3 Å². The summed E-state index contributed by atoms with van der Waals surface area (Å²) in [5.74, 6) is 0.589. The van der Waals surface area contributed by atoms with Crippen LogP contribution in [0.1, 0.15) is 42.3 Å². The zero-order valence-corrected chi connectivity index (χ0v) is 12.9. The van der Waals surface area contributed by atoms with Crippen molar-refractivity contribution in [3.05, 3.63) is 59.7 Å². The molecule has 0 bridgehead atoms. The second-order valence-electron chi connectivity index (χ2n) is 5.12. The molecule has 2 aromatic carbocycles. The van der Waals surface area contributed by atoms with Crippen LogP contribution in [0.5, 0.6) is 5.75 Å². The molecule has 0 aromatic heterocycles. The molecule has 2 rings (SSSR count). The Morgan fingerprint density at radius 1 is 1.14 bits per heavy atom. The minimum Gasteiger partial charge on any atom is -0.494 e. The average Bonchev–Trinajstić information content (AvgIpc) is 2.54. The van der Waals surface area contributed by atoms with Gasteiger partial charge in [0.15, 0.2) is 0 Å². The Bertz CT molecular complexity index is 603. The van der Waals surface area contributed by atoms with E-state index in [4.69, 9.17) is 4.74 Å². The summed E-state index contributed by atoms with van der Waals surface area (Å²) < 4.78 is 5.49. The standard InChI is InChI=1S/C18H21NO3/c1-3-12-22-17-10-6-15(7-11-17)18(21)19-16-8-4-14(5-9-16)13(2)20/h4-11,13,20H,3,12H2,1-2H3,(H,19,21)/t13-/m1/s1. The molecular weight excluding hydrogens is 278 g/mol. The number of amides is 1. The highest BCUT2D eigenvalue weighted by Crippen LogP contribution is 2.17. The minimum absolute atomic E-state index is 0.174. The Morgan fingerprint density at radius 2 is 1.77 bits per heavy atom. The van der Waals surface area contributed by atoms with Crippen LogP contribution in [0, 0.1) is 0 Å². The third-order valence-corrected chi connectivity index (χ3v) is 3.24. The van der Waals surface area contributed by atoms with E-state index in [0.29, 0.717) is 17.9 Å². The fourth-order valence-corrected chi connectivity index (χ4v) is 1.97. The second-order valence-corrected chi connectivity index (χ2v) is 5.12. The average molecular weight is 299 g/mol. The Morgan fingerprint density at radius 3 is 2.32 bits per heavy atom. The quantitative estimate of drug-likeness (QED) is 0.853. The lowest BCUT2D eigenvalue weighted by molar-refractivity contribution is 0.102. The van der Waals surface area contributed by atoms with E-state index in [1.165, 1.54) is 0 Å². The van der Waals surface area contributed by atoms with Crippen molar-refractivity contribution in [3.63, 3.8) is 0 Å². The highest BCUT2D eigenvalue weighted by atomic mass is 16.5. The monoisotopic (exact) mass is 299 g/mol. The number of carbonyl (C=O) groups excluding carboxylic acids is 1. The number of hydrogen-bond acceptors (Lipinski definition) is 3. The zero-order chi connectivity index (χ0) is 15.9. The van der Waals surface area contributed by atoms with Crippen LogP contribution in [-0.2, 0) is 0 Å². The SMILES string of the molecule is CCCOc1ccc(C(=O)Nc2ccc([C@@H](C)O)cc2)cc1. The number of carbonyl (C=O) groups is 1. The molecule has 1 amide bonds. The van der Waals surface area contributed by atoms with Gasteiger partial charge in [-0.05, 0) is 55.3 Å². The molecule has 4 heteroatoms. The van der Waals surface area contributed by atoms with E-state index < -0.39 is 6.10 Å². The minimum atomic E-state index is -0.514. The summed E-state index contributed by atoms with van der Waals surface area (Å²) >= 11 is 0. The summed E-state index contributed by atoms with van der Waals surface area (Å²) in [6.07, 6.45) is 0.436. The van der Waals surface area contributed by atoms with Crippen molar-refractivity contribution in [1.29, 1.82) is 0 Å². The zero-order valence-electron chi connectivity index (χ0n) is 12.9. The van der Waals surface area contributed by atoms with Crippen LogP contribution in [0.15, 0.2) is 48.5 Å². The molecule has 0 unspecified atom stereocenters. The molecular formula is C18H21NO3. The van der Waals surface area contributed by atoms with E-state index >= 15 is 0 Å². The maximum absolute atomic E-state index is 12.2. The van der Waals surface area contributed by atoms with Crippen LogP contribution < -0.4 is 10.1 Å². The summed E-state index contributed by atoms with van der Waals surface area (Å²) in [4.78, 5) is 12.2. The molecule has 0 aliphatic heterocycles. The number of hydrogen-bond donors (Lipinski definition) is 2. The molecule has 0 spiro atoms. The first-order valence-corrected chi connectivity index (χ1v) is 7.42. The van der Waals surface area contributed by atoms with Gasteiger partial charge >= 0.3 is 0 Å². The molecule has 0 aliphatic carbocycles. The number of nitrogens with one attached hydrogen (secondary N) is 1. The first-order valence-electron chi connectivity index (χ1n) is 7.42. The van der Waals surface area contributed by atoms with Gasteiger partial charge in [0.25, 0.3) is 5.91 Å². The maximum Gasteiger partial charge on any atom is 0.255 e. The molecule has 0 fully saturated rings. The Balaban J connectivity index is 1.99. The predicted molar refractivity (Wildman–Crippen MR) is 87.3 cm³/mol. The van der Waals surface area contributed by atoms with Crippen molar-refractivity contribution >= 4 is 11.6 Å². The van der Waals surface area contributed by atoms with Crippen LogP contribution in [0.3, 0.4) is 0 Å². The van der Waals surface area contributed by atoms with Gasteiger partial charge < -0.3 is 15.2 Å². The van der Waals surface area contributed by atoms with E-state index in [9.17, 15) is 9.90 Å². The molecule has 2 N–H and O–H groups in total. The number of benzene rings is 2. The first-order chi connectivity index (χ1) is 10.6. The molecule has 0 saturated carbocycles. The Kier molecular flexibility index (Phi) is 5.55. The summed E-state index contributed by atoms with van der Waals surface area (Å²) in [6, 6.07) is 14.2. The van der Waals surface area contributed by atoms with E-state index in [-0.39, 0.29) is 5.91 Å². The maximum atomic E-state index is 12.2. The number of anilines is 1. The molecule has 116 valence electrons. The van der Waals surface area contributed by atoms with Gasteiger partial charge in [-0.3, -0.25) is 4.79 Å². The fourth-order valence-electron chi connectivity index (χ4n) is 1.97. The fraction of sp³-hybridized carbons (Fsp3) is 0.278. The topological polar surface area (TPSA) is 58.6 Å². The van der Waals surface area contributed by atoms with Gasteiger partial charge in [0.05, 0.1) is 12.7 Å². The highest BCUT2D eigenvalue weighted by molar-refractivity contribution is 6.04. The van der Waals surface area contributed by atoms with Crippen LogP contribution in [0.25, 0.3) is 0 Å². The lowest BCUT2D eigenvalue weighted by Gasteiger charge is -2.09. The van der Waals surface area contributed by atoms with Gasteiger partial charge in [-0.25, -0.2) is 0 Å². The summed E-state index contributed by atoms with van der Waals surface area (Å²) in [6.45, 7) is 4.42. The van der Waals surface area contributed by atoms with Crippen molar-refractivity contribution in [2.45, 2.75) is 26.4 Å². The van der Waals surface area contributed by atoms with Gasteiger partial charge in [0.1, 0.15) is 5.75 Å². The normalized spacial score (nSPS) is 11.8. The lowest BCUT2D eigenvalue weighted by atomic mass is 10.1. The van der Waals surface area contributed by atoms with E-state index in [0.717, 1.165) is 17.7 Å². The van der Waals surface area contributed by atoms with Crippen molar-refractivity contribution in [2.75, 3.05) is 11.9 Å². The smallest absolute Gasteiger partial charge is 0.255 e. The molecule has 0 heterocycles. The van der Waals surface area contributed by atoms with Crippen LogP contribution in [-0.4, -0.2) is 17.6 Å². The highest BCUT2D eigenvalue weighted by Gasteiger charge is 2.07. The number of aliphatic hydroxyl groups is 1. The van der Waals surface area contributed by atoms with Gasteiger partial charge in [-0.2, -0.15) is 0 Å². The van der Waals surface area contributed by atoms with Crippen molar-refractivity contribution in [3.8, 4) is 5.75 Å². The Labute approximate surface area is 130 Å².